The topological polar surface area (TPSA) is 66.8 Å². The first-order chi connectivity index (χ1) is 7.77. The number of phenols is 1. The van der Waals surface area contributed by atoms with Crippen molar-refractivity contribution >= 4 is 5.97 Å². The van der Waals surface area contributed by atoms with Crippen LogP contribution in [-0.2, 0) is 4.74 Å². The Hall–Kier alpha value is -1.76. The number of carbonyl (C=O) groups is 1. The number of ether oxygens (including phenoxy) is 1. The van der Waals surface area contributed by atoms with Gasteiger partial charge in [0.05, 0.1) is 7.11 Å². The fourth-order valence-electron chi connectivity index (χ4n) is 1.19. The van der Waals surface area contributed by atoms with Gasteiger partial charge >= 0.3 is 12.1 Å². The van der Waals surface area contributed by atoms with Crippen LogP contribution in [0.4, 0.5) is 13.2 Å². The summed E-state index contributed by atoms with van der Waals surface area (Å²) in [6.45, 7) is 0. The number of rotatable bonds is 2. The predicted molar refractivity (Wildman–Crippen MR) is 50.5 cm³/mol. The lowest BCUT2D eigenvalue weighted by molar-refractivity contribution is -0.206. The second-order valence-electron chi connectivity index (χ2n) is 3.21. The van der Waals surface area contributed by atoms with Gasteiger partial charge in [-0.15, -0.1) is 0 Å². The summed E-state index contributed by atoms with van der Waals surface area (Å²) in [6, 6.07) is 2.50. The summed E-state index contributed by atoms with van der Waals surface area (Å²) in [5.41, 5.74) is -0.982. The van der Waals surface area contributed by atoms with Crippen molar-refractivity contribution in [2.24, 2.45) is 0 Å². The highest BCUT2D eigenvalue weighted by atomic mass is 19.4. The quantitative estimate of drug-likeness (QED) is 0.785. The monoisotopic (exact) mass is 250 g/mol. The van der Waals surface area contributed by atoms with Crippen molar-refractivity contribution in [3.63, 3.8) is 0 Å². The minimum Gasteiger partial charge on any atom is -0.507 e. The van der Waals surface area contributed by atoms with Gasteiger partial charge in [-0.3, -0.25) is 0 Å². The van der Waals surface area contributed by atoms with Gasteiger partial charge in [-0.2, -0.15) is 13.2 Å². The molecular weight excluding hydrogens is 241 g/mol. The van der Waals surface area contributed by atoms with Crippen LogP contribution in [0.2, 0.25) is 0 Å². The van der Waals surface area contributed by atoms with E-state index < -0.39 is 35.1 Å². The molecule has 0 aromatic heterocycles. The van der Waals surface area contributed by atoms with Gasteiger partial charge in [0.15, 0.2) is 6.10 Å². The molecule has 0 unspecified atom stereocenters. The Morgan fingerprint density at radius 3 is 2.47 bits per heavy atom. The van der Waals surface area contributed by atoms with E-state index in [1.165, 1.54) is 0 Å². The number of alkyl halides is 3. The maximum Gasteiger partial charge on any atom is 0.418 e. The molecule has 1 rings (SSSR count). The fourth-order valence-corrected chi connectivity index (χ4v) is 1.19. The van der Waals surface area contributed by atoms with Crippen LogP contribution < -0.4 is 0 Å². The summed E-state index contributed by atoms with van der Waals surface area (Å²) in [6.07, 6.45) is -7.56. The summed E-state index contributed by atoms with van der Waals surface area (Å²) in [5.74, 6) is -1.51. The van der Waals surface area contributed by atoms with Crippen LogP contribution >= 0.6 is 0 Å². The number of carbonyl (C=O) groups excluding carboxylic acids is 1. The molecule has 0 saturated heterocycles. The molecular formula is C10H9F3O4. The highest BCUT2D eigenvalue weighted by Gasteiger charge is 2.39. The highest BCUT2D eigenvalue weighted by molar-refractivity contribution is 5.92. The predicted octanol–water partition coefficient (Wildman–Crippen LogP) is 1.77. The van der Waals surface area contributed by atoms with Gasteiger partial charge in [0, 0.05) is 0 Å². The highest BCUT2D eigenvalue weighted by Crippen LogP contribution is 2.34. The van der Waals surface area contributed by atoms with Crippen molar-refractivity contribution in [1.82, 2.24) is 0 Å². The molecule has 94 valence electrons. The minimum atomic E-state index is -4.84. The SMILES string of the molecule is COC(=O)c1cc([C@H](O)C(F)(F)F)ccc1O. The molecule has 0 spiro atoms. The summed E-state index contributed by atoms with van der Waals surface area (Å²) in [4.78, 5) is 11.1. The zero-order chi connectivity index (χ0) is 13.2. The maximum absolute atomic E-state index is 12.2. The molecule has 17 heavy (non-hydrogen) atoms. The summed E-state index contributed by atoms with van der Waals surface area (Å²) in [5, 5.41) is 18.2. The van der Waals surface area contributed by atoms with Crippen molar-refractivity contribution in [3.05, 3.63) is 29.3 Å². The van der Waals surface area contributed by atoms with E-state index in [1.54, 1.807) is 0 Å². The molecule has 7 heteroatoms. The van der Waals surface area contributed by atoms with Crippen LogP contribution in [0.15, 0.2) is 18.2 Å². The summed E-state index contributed by atoms with van der Waals surface area (Å²) >= 11 is 0. The lowest BCUT2D eigenvalue weighted by Crippen LogP contribution is -2.20. The number of esters is 1. The van der Waals surface area contributed by atoms with Crippen LogP contribution in [0.1, 0.15) is 22.0 Å². The molecule has 1 atom stereocenters. The van der Waals surface area contributed by atoms with Crippen molar-refractivity contribution in [3.8, 4) is 5.75 Å². The van der Waals surface area contributed by atoms with Crippen LogP contribution in [-0.4, -0.2) is 29.5 Å². The molecule has 0 saturated carbocycles. The van der Waals surface area contributed by atoms with Crippen LogP contribution in [0.25, 0.3) is 0 Å². The van der Waals surface area contributed by atoms with Gasteiger partial charge in [0.1, 0.15) is 11.3 Å². The van der Waals surface area contributed by atoms with Gasteiger partial charge in [0.25, 0.3) is 0 Å². The Balaban J connectivity index is 3.17. The van der Waals surface area contributed by atoms with Gasteiger partial charge in [-0.25, -0.2) is 4.79 Å². The number of phenolic OH excluding ortho intramolecular Hbond substituents is 1. The van der Waals surface area contributed by atoms with E-state index >= 15 is 0 Å². The molecule has 0 fully saturated rings. The van der Waals surface area contributed by atoms with Crippen LogP contribution in [0, 0.1) is 0 Å². The molecule has 0 radical (unpaired) electrons. The number of aliphatic hydroxyl groups excluding tert-OH is 1. The van der Waals surface area contributed by atoms with Crippen LogP contribution in [0.5, 0.6) is 5.75 Å². The van der Waals surface area contributed by atoms with Crippen LogP contribution in [0.3, 0.4) is 0 Å². The zero-order valence-corrected chi connectivity index (χ0v) is 8.65. The Kier molecular flexibility index (Phi) is 3.62. The number of aromatic hydroxyl groups is 1. The first-order valence-electron chi connectivity index (χ1n) is 4.43. The smallest absolute Gasteiger partial charge is 0.418 e. The Morgan fingerprint density at radius 2 is 2.00 bits per heavy atom. The average molecular weight is 250 g/mol. The third-order valence-corrected chi connectivity index (χ3v) is 2.05. The normalized spacial score (nSPS) is 13.2. The van der Waals surface area contributed by atoms with Gasteiger partial charge < -0.3 is 14.9 Å². The molecule has 0 bridgehead atoms. The molecule has 0 aliphatic rings. The van der Waals surface area contributed by atoms with E-state index in [2.05, 4.69) is 4.74 Å². The number of hydrogen-bond donors (Lipinski definition) is 2. The van der Waals surface area contributed by atoms with E-state index in [-0.39, 0.29) is 0 Å². The van der Waals surface area contributed by atoms with Crippen molar-refractivity contribution in [1.29, 1.82) is 0 Å². The van der Waals surface area contributed by atoms with E-state index in [0.717, 1.165) is 25.3 Å². The van der Waals surface area contributed by atoms with Gasteiger partial charge in [-0.05, 0) is 17.7 Å². The molecule has 4 nitrogen and oxygen atoms in total. The van der Waals surface area contributed by atoms with E-state index in [4.69, 9.17) is 5.11 Å². The largest absolute Gasteiger partial charge is 0.507 e. The summed E-state index contributed by atoms with van der Waals surface area (Å²) < 4.78 is 40.9. The molecule has 0 heterocycles. The third kappa shape index (κ3) is 2.88. The van der Waals surface area contributed by atoms with Crippen molar-refractivity contribution < 1.29 is 32.9 Å². The first-order valence-corrected chi connectivity index (χ1v) is 4.43. The Bertz CT molecular complexity index is 428. The third-order valence-electron chi connectivity index (χ3n) is 2.05. The number of hydrogen-bond acceptors (Lipinski definition) is 4. The van der Waals surface area contributed by atoms with Crippen molar-refractivity contribution in [2.45, 2.75) is 12.3 Å². The van der Waals surface area contributed by atoms with Gasteiger partial charge in [-0.1, -0.05) is 6.07 Å². The molecule has 0 aliphatic carbocycles. The number of benzene rings is 1. The Morgan fingerprint density at radius 1 is 1.41 bits per heavy atom. The molecule has 1 aromatic rings. The maximum atomic E-state index is 12.2. The molecule has 0 amide bonds. The first kappa shape index (κ1) is 13.3. The zero-order valence-electron chi connectivity index (χ0n) is 8.65. The van der Waals surface area contributed by atoms with Gasteiger partial charge in [0.2, 0.25) is 0 Å². The Labute approximate surface area is 94.3 Å². The standard InChI is InChI=1S/C10H9F3O4/c1-17-9(16)6-4-5(2-3-7(6)14)8(15)10(11,12)13/h2-4,8,14-15H,1H3/t8-/m0/s1. The number of halogens is 3. The van der Waals surface area contributed by atoms with Crippen molar-refractivity contribution in [2.75, 3.05) is 7.11 Å². The lowest BCUT2D eigenvalue weighted by Gasteiger charge is -2.15. The number of methoxy groups -OCH3 is 1. The second kappa shape index (κ2) is 4.62. The average Bonchev–Trinajstić information content (AvgIpc) is 2.26. The number of aliphatic hydroxyl groups is 1. The summed E-state index contributed by atoms with van der Waals surface area (Å²) in [7, 11) is 1.02. The molecule has 2 N–H and O–H groups in total. The fraction of sp³-hybridized carbons (Fsp3) is 0.300. The molecule has 1 aromatic carbocycles. The van der Waals surface area contributed by atoms with E-state index in [1.807, 2.05) is 0 Å². The second-order valence-corrected chi connectivity index (χ2v) is 3.21. The molecule has 0 aliphatic heterocycles. The lowest BCUT2D eigenvalue weighted by atomic mass is 10.0. The minimum absolute atomic E-state index is 0.437. The van der Waals surface area contributed by atoms with E-state index in [9.17, 15) is 23.1 Å². The van der Waals surface area contributed by atoms with E-state index in [0.29, 0.717) is 0 Å².